The van der Waals surface area contributed by atoms with Crippen LogP contribution in [0.4, 0.5) is 0 Å². The van der Waals surface area contributed by atoms with Gasteiger partial charge in [0.05, 0.1) is 20.1 Å². The van der Waals surface area contributed by atoms with Crippen LogP contribution in [0.3, 0.4) is 0 Å². The van der Waals surface area contributed by atoms with Gasteiger partial charge in [-0.25, -0.2) is 0 Å². The molecular formula is C17H18O4. The maximum Gasteiger partial charge on any atom is 0.315 e. The Morgan fingerprint density at radius 2 is 1.57 bits per heavy atom. The quantitative estimate of drug-likeness (QED) is 0.604. The summed E-state index contributed by atoms with van der Waals surface area (Å²) in [5, 5.41) is 0. The fourth-order valence-corrected chi connectivity index (χ4v) is 1.96. The molecule has 0 atom stereocenters. The SMILES string of the molecule is CCOc1ccccc1CC(=O)Oc1ccccc1OC. The van der Waals surface area contributed by atoms with E-state index in [9.17, 15) is 4.79 Å². The van der Waals surface area contributed by atoms with E-state index in [1.807, 2.05) is 37.3 Å². The largest absolute Gasteiger partial charge is 0.494 e. The molecule has 0 aromatic heterocycles. The number of ether oxygens (including phenoxy) is 3. The highest BCUT2D eigenvalue weighted by atomic mass is 16.6. The molecule has 0 aliphatic heterocycles. The first-order valence-corrected chi connectivity index (χ1v) is 6.79. The van der Waals surface area contributed by atoms with Gasteiger partial charge in [0.1, 0.15) is 5.75 Å². The average Bonchev–Trinajstić information content (AvgIpc) is 2.50. The minimum absolute atomic E-state index is 0.147. The van der Waals surface area contributed by atoms with E-state index in [0.717, 1.165) is 5.56 Å². The van der Waals surface area contributed by atoms with Gasteiger partial charge in [0.2, 0.25) is 0 Å². The van der Waals surface area contributed by atoms with Crippen molar-refractivity contribution in [2.45, 2.75) is 13.3 Å². The van der Waals surface area contributed by atoms with E-state index < -0.39 is 0 Å². The fraction of sp³-hybridized carbons (Fsp3) is 0.235. The molecule has 0 bridgehead atoms. The van der Waals surface area contributed by atoms with E-state index in [-0.39, 0.29) is 12.4 Å². The van der Waals surface area contributed by atoms with Crippen LogP contribution in [0.2, 0.25) is 0 Å². The number of carbonyl (C=O) groups excluding carboxylic acids is 1. The van der Waals surface area contributed by atoms with Gasteiger partial charge in [-0.05, 0) is 25.1 Å². The normalized spacial score (nSPS) is 10.0. The zero-order chi connectivity index (χ0) is 15.1. The van der Waals surface area contributed by atoms with Gasteiger partial charge < -0.3 is 14.2 Å². The Labute approximate surface area is 124 Å². The van der Waals surface area contributed by atoms with Gasteiger partial charge in [0, 0.05) is 5.56 Å². The monoisotopic (exact) mass is 286 g/mol. The molecule has 0 aliphatic carbocycles. The highest BCUT2D eigenvalue weighted by molar-refractivity contribution is 5.76. The van der Waals surface area contributed by atoms with E-state index in [4.69, 9.17) is 14.2 Å². The molecule has 21 heavy (non-hydrogen) atoms. The Morgan fingerprint density at radius 1 is 0.952 bits per heavy atom. The molecule has 4 nitrogen and oxygen atoms in total. The van der Waals surface area contributed by atoms with Gasteiger partial charge >= 0.3 is 5.97 Å². The summed E-state index contributed by atoms with van der Waals surface area (Å²) in [7, 11) is 1.54. The molecule has 0 aliphatic rings. The summed E-state index contributed by atoms with van der Waals surface area (Å²) >= 11 is 0. The highest BCUT2D eigenvalue weighted by Crippen LogP contribution is 2.26. The van der Waals surface area contributed by atoms with Crippen molar-refractivity contribution in [1.82, 2.24) is 0 Å². The van der Waals surface area contributed by atoms with Crippen LogP contribution in [-0.4, -0.2) is 19.7 Å². The lowest BCUT2D eigenvalue weighted by Gasteiger charge is -2.11. The summed E-state index contributed by atoms with van der Waals surface area (Å²) in [5.41, 5.74) is 0.805. The Hall–Kier alpha value is -2.49. The first-order valence-electron chi connectivity index (χ1n) is 6.79. The summed E-state index contributed by atoms with van der Waals surface area (Å²) in [6, 6.07) is 14.5. The molecule has 4 heteroatoms. The lowest BCUT2D eigenvalue weighted by Crippen LogP contribution is -2.12. The summed E-state index contributed by atoms with van der Waals surface area (Å²) in [6.07, 6.45) is 0.147. The third-order valence-corrected chi connectivity index (χ3v) is 2.90. The Balaban J connectivity index is 2.08. The van der Waals surface area contributed by atoms with Gasteiger partial charge in [-0.3, -0.25) is 4.79 Å². The molecule has 0 radical (unpaired) electrons. The zero-order valence-corrected chi connectivity index (χ0v) is 12.2. The van der Waals surface area contributed by atoms with Crippen LogP contribution >= 0.6 is 0 Å². The summed E-state index contributed by atoms with van der Waals surface area (Å²) in [6.45, 7) is 2.46. The Kier molecular flexibility index (Phi) is 5.21. The van der Waals surface area contributed by atoms with Gasteiger partial charge in [-0.1, -0.05) is 30.3 Å². The fourth-order valence-electron chi connectivity index (χ4n) is 1.96. The minimum atomic E-state index is -0.355. The molecule has 0 heterocycles. The smallest absolute Gasteiger partial charge is 0.315 e. The molecule has 0 amide bonds. The van der Waals surface area contributed by atoms with Crippen LogP contribution in [0.15, 0.2) is 48.5 Å². The molecule has 2 aromatic carbocycles. The van der Waals surface area contributed by atoms with Crippen molar-refractivity contribution in [3.05, 3.63) is 54.1 Å². The minimum Gasteiger partial charge on any atom is -0.494 e. The van der Waals surface area contributed by atoms with E-state index in [1.54, 1.807) is 18.2 Å². The van der Waals surface area contributed by atoms with Crippen LogP contribution in [0.25, 0.3) is 0 Å². The second kappa shape index (κ2) is 7.33. The average molecular weight is 286 g/mol. The second-order valence-corrected chi connectivity index (χ2v) is 4.34. The molecule has 0 fully saturated rings. The van der Waals surface area contributed by atoms with Crippen LogP contribution in [0.1, 0.15) is 12.5 Å². The Bertz CT molecular complexity index is 607. The number of esters is 1. The van der Waals surface area contributed by atoms with E-state index in [0.29, 0.717) is 23.9 Å². The zero-order valence-electron chi connectivity index (χ0n) is 12.2. The molecule has 0 saturated carbocycles. The Morgan fingerprint density at radius 3 is 2.24 bits per heavy atom. The maximum absolute atomic E-state index is 12.1. The number of methoxy groups -OCH3 is 1. The first kappa shape index (κ1) is 14.9. The van der Waals surface area contributed by atoms with E-state index in [1.165, 1.54) is 7.11 Å². The maximum atomic E-state index is 12.1. The standard InChI is InChI=1S/C17H18O4/c1-3-20-14-9-5-4-8-13(14)12-17(18)21-16-11-7-6-10-15(16)19-2/h4-11H,3,12H2,1-2H3. The van der Waals surface area contributed by atoms with Crippen molar-refractivity contribution in [2.75, 3.05) is 13.7 Å². The van der Waals surface area contributed by atoms with Gasteiger partial charge in [0.25, 0.3) is 0 Å². The second-order valence-electron chi connectivity index (χ2n) is 4.34. The molecule has 0 unspecified atom stereocenters. The van der Waals surface area contributed by atoms with Crippen molar-refractivity contribution in [2.24, 2.45) is 0 Å². The van der Waals surface area contributed by atoms with Crippen LogP contribution in [-0.2, 0) is 11.2 Å². The lowest BCUT2D eigenvalue weighted by molar-refractivity contribution is -0.133. The topological polar surface area (TPSA) is 44.8 Å². The van der Waals surface area contributed by atoms with Crippen molar-refractivity contribution in [1.29, 1.82) is 0 Å². The van der Waals surface area contributed by atoms with E-state index in [2.05, 4.69) is 0 Å². The molecular weight excluding hydrogens is 268 g/mol. The number of rotatable bonds is 6. The van der Waals surface area contributed by atoms with Crippen molar-refractivity contribution >= 4 is 5.97 Å². The van der Waals surface area contributed by atoms with Gasteiger partial charge in [0.15, 0.2) is 11.5 Å². The number of para-hydroxylation sites is 3. The number of hydrogen-bond donors (Lipinski definition) is 0. The predicted molar refractivity (Wildman–Crippen MR) is 79.9 cm³/mol. The van der Waals surface area contributed by atoms with Crippen LogP contribution in [0, 0.1) is 0 Å². The summed E-state index contributed by atoms with van der Waals surface area (Å²) < 4.78 is 16.0. The van der Waals surface area contributed by atoms with Crippen molar-refractivity contribution in [3.63, 3.8) is 0 Å². The highest BCUT2D eigenvalue weighted by Gasteiger charge is 2.12. The van der Waals surface area contributed by atoms with Gasteiger partial charge in [-0.2, -0.15) is 0 Å². The number of benzene rings is 2. The molecule has 2 rings (SSSR count). The molecule has 0 N–H and O–H groups in total. The predicted octanol–water partition coefficient (Wildman–Crippen LogP) is 3.24. The van der Waals surface area contributed by atoms with Crippen LogP contribution in [0.5, 0.6) is 17.2 Å². The van der Waals surface area contributed by atoms with Crippen molar-refractivity contribution in [3.8, 4) is 17.2 Å². The van der Waals surface area contributed by atoms with Gasteiger partial charge in [-0.15, -0.1) is 0 Å². The molecule has 0 spiro atoms. The number of carbonyl (C=O) groups is 1. The molecule has 110 valence electrons. The molecule has 2 aromatic rings. The van der Waals surface area contributed by atoms with Crippen LogP contribution < -0.4 is 14.2 Å². The third-order valence-electron chi connectivity index (χ3n) is 2.90. The summed E-state index contributed by atoms with van der Waals surface area (Å²) in [5.74, 6) is 1.30. The molecule has 0 saturated heterocycles. The number of hydrogen-bond acceptors (Lipinski definition) is 4. The first-order chi connectivity index (χ1) is 10.2. The third kappa shape index (κ3) is 3.99. The lowest BCUT2D eigenvalue weighted by atomic mass is 10.1. The summed E-state index contributed by atoms with van der Waals surface area (Å²) in [4.78, 5) is 12.1. The van der Waals surface area contributed by atoms with E-state index >= 15 is 0 Å². The van der Waals surface area contributed by atoms with Crippen molar-refractivity contribution < 1.29 is 19.0 Å².